The fourth-order valence-electron chi connectivity index (χ4n) is 1.43. The summed E-state index contributed by atoms with van der Waals surface area (Å²) in [4.78, 5) is 0. The van der Waals surface area contributed by atoms with Crippen molar-refractivity contribution in [3.8, 4) is 11.3 Å². The van der Waals surface area contributed by atoms with Gasteiger partial charge in [-0.15, -0.1) is 11.3 Å². The van der Waals surface area contributed by atoms with E-state index < -0.39 is 0 Å². The minimum Gasteiger partial charge on any atom is -0.326 e. The molecule has 0 aliphatic rings. The first-order chi connectivity index (χ1) is 6.68. The maximum atomic E-state index is 5.19. The molecule has 0 saturated carbocycles. The molecule has 0 fully saturated rings. The Morgan fingerprint density at radius 1 is 1.36 bits per heavy atom. The zero-order valence-corrected chi connectivity index (χ0v) is 9.78. The van der Waals surface area contributed by atoms with E-state index in [1.54, 1.807) is 11.3 Å². The van der Waals surface area contributed by atoms with Crippen LogP contribution >= 0.6 is 23.6 Å². The Morgan fingerprint density at radius 2 is 2.14 bits per heavy atom. The van der Waals surface area contributed by atoms with Gasteiger partial charge in [0.1, 0.15) is 0 Å². The van der Waals surface area contributed by atoms with Crippen molar-refractivity contribution in [3.63, 3.8) is 0 Å². The maximum absolute atomic E-state index is 5.19. The molecule has 0 aliphatic heterocycles. The quantitative estimate of drug-likeness (QED) is 0.663. The van der Waals surface area contributed by atoms with Crippen LogP contribution in [-0.2, 0) is 7.05 Å². The summed E-state index contributed by atoms with van der Waals surface area (Å²) >= 11 is 6.80. The van der Waals surface area contributed by atoms with Crippen molar-refractivity contribution >= 4 is 23.6 Å². The van der Waals surface area contributed by atoms with E-state index in [9.17, 15) is 0 Å². The summed E-state index contributed by atoms with van der Waals surface area (Å²) in [5.41, 5.74) is 3.71. The van der Waals surface area contributed by atoms with Crippen molar-refractivity contribution in [2.45, 2.75) is 6.92 Å². The van der Waals surface area contributed by atoms with Gasteiger partial charge < -0.3 is 4.57 Å². The van der Waals surface area contributed by atoms with Crippen molar-refractivity contribution < 1.29 is 0 Å². The molecule has 0 N–H and O–H groups in total. The average molecular weight is 221 g/mol. The summed E-state index contributed by atoms with van der Waals surface area (Å²) in [7, 11) is 2.01. The molecule has 0 spiro atoms. The Kier molecular flexibility index (Phi) is 2.52. The van der Waals surface area contributed by atoms with Crippen LogP contribution in [0.15, 0.2) is 29.6 Å². The normalized spacial score (nSPS) is 10.4. The number of aromatic nitrogens is 1. The highest BCUT2D eigenvalue weighted by atomic mass is 32.1. The third-order valence-corrected chi connectivity index (χ3v) is 3.60. The van der Waals surface area contributed by atoms with Crippen molar-refractivity contribution in [1.29, 1.82) is 0 Å². The van der Waals surface area contributed by atoms with Gasteiger partial charge in [-0.25, -0.2) is 0 Å². The Hall–Kier alpha value is -0.930. The van der Waals surface area contributed by atoms with Gasteiger partial charge in [-0.05, 0) is 30.8 Å². The van der Waals surface area contributed by atoms with Crippen molar-refractivity contribution in [2.75, 3.05) is 0 Å². The Labute approximate surface area is 92.6 Å². The second kappa shape index (κ2) is 3.67. The molecule has 0 unspecified atom stereocenters. The van der Waals surface area contributed by atoms with Crippen LogP contribution in [0.4, 0.5) is 0 Å². The second-order valence-corrected chi connectivity index (χ2v) is 4.82. The molecule has 0 bridgehead atoms. The number of aryl methyl sites for hydroxylation is 1. The molecule has 14 heavy (non-hydrogen) atoms. The molecule has 0 amide bonds. The molecule has 3 heteroatoms. The lowest BCUT2D eigenvalue weighted by molar-refractivity contribution is 0.929. The zero-order chi connectivity index (χ0) is 10.1. The summed E-state index contributed by atoms with van der Waals surface area (Å²) in [6.07, 6.45) is 0. The van der Waals surface area contributed by atoms with Crippen LogP contribution in [0, 0.1) is 10.9 Å². The SMILES string of the molecule is Cc1cccc(-c2csc(=S)n2C)c1. The highest BCUT2D eigenvalue weighted by Crippen LogP contribution is 2.23. The smallest absolute Gasteiger partial charge is 0.161 e. The number of hydrogen-bond acceptors (Lipinski definition) is 2. The van der Waals surface area contributed by atoms with E-state index in [4.69, 9.17) is 12.2 Å². The van der Waals surface area contributed by atoms with E-state index in [1.165, 1.54) is 16.8 Å². The Bertz CT molecular complexity index is 508. The van der Waals surface area contributed by atoms with E-state index in [0.29, 0.717) is 0 Å². The molecule has 1 aromatic carbocycles. The average Bonchev–Trinajstić information content (AvgIpc) is 2.48. The van der Waals surface area contributed by atoms with Crippen LogP contribution in [0.2, 0.25) is 0 Å². The summed E-state index contributed by atoms with van der Waals surface area (Å²) < 4.78 is 2.97. The first-order valence-electron chi connectivity index (χ1n) is 4.40. The standard InChI is InChI=1S/C11H11NS2/c1-8-4-3-5-9(6-8)10-7-14-11(13)12(10)2/h3-7H,1-2H3. The van der Waals surface area contributed by atoms with Gasteiger partial charge in [0.2, 0.25) is 0 Å². The maximum Gasteiger partial charge on any atom is 0.161 e. The van der Waals surface area contributed by atoms with Gasteiger partial charge in [-0.2, -0.15) is 0 Å². The molecule has 72 valence electrons. The Balaban J connectivity index is 2.60. The predicted octanol–water partition coefficient (Wildman–Crippen LogP) is 3.79. The van der Waals surface area contributed by atoms with Crippen LogP contribution in [0.3, 0.4) is 0 Å². The third-order valence-electron chi connectivity index (χ3n) is 2.22. The number of thiazole rings is 1. The molecule has 1 aromatic heterocycles. The number of rotatable bonds is 1. The third kappa shape index (κ3) is 1.65. The highest BCUT2D eigenvalue weighted by Gasteiger charge is 2.02. The van der Waals surface area contributed by atoms with Crippen LogP contribution < -0.4 is 0 Å². The summed E-state index contributed by atoms with van der Waals surface area (Å²) in [5.74, 6) is 0. The highest BCUT2D eigenvalue weighted by molar-refractivity contribution is 7.73. The fourth-order valence-corrected chi connectivity index (χ4v) is 2.43. The summed E-state index contributed by atoms with van der Waals surface area (Å²) in [6.45, 7) is 2.10. The molecular weight excluding hydrogens is 210 g/mol. The van der Waals surface area contributed by atoms with Crippen LogP contribution in [0.5, 0.6) is 0 Å². The van der Waals surface area contributed by atoms with Crippen molar-refractivity contribution in [3.05, 3.63) is 39.2 Å². The lowest BCUT2D eigenvalue weighted by Crippen LogP contribution is -1.90. The van der Waals surface area contributed by atoms with Gasteiger partial charge in [0.15, 0.2) is 3.95 Å². The number of nitrogens with zero attached hydrogens (tertiary/aromatic N) is 1. The largest absolute Gasteiger partial charge is 0.326 e. The van der Waals surface area contributed by atoms with Gasteiger partial charge in [0, 0.05) is 12.4 Å². The monoisotopic (exact) mass is 221 g/mol. The lowest BCUT2D eigenvalue weighted by Gasteiger charge is -2.03. The van der Waals surface area contributed by atoms with Gasteiger partial charge in [0.25, 0.3) is 0 Å². The number of benzene rings is 1. The molecule has 2 rings (SSSR count). The predicted molar refractivity (Wildman–Crippen MR) is 64.3 cm³/mol. The first kappa shape index (κ1) is 9.62. The van der Waals surface area contributed by atoms with Crippen molar-refractivity contribution in [2.24, 2.45) is 7.05 Å². The van der Waals surface area contributed by atoms with Gasteiger partial charge in [-0.1, -0.05) is 23.8 Å². The molecule has 0 saturated heterocycles. The van der Waals surface area contributed by atoms with Gasteiger partial charge in [0.05, 0.1) is 5.69 Å². The molecule has 0 aliphatic carbocycles. The van der Waals surface area contributed by atoms with E-state index in [2.05, 4.69) is 41.1 Å². The van der Waals surface area contributed by atoms with E-state index in [-0.39, 0.29) is 0 Å². The topological polar surface area (TPSA) is 4.93 Å². The molecular formula is C11H11NS2. The Morgan fingerprint density at radius 3 is 2.71 bits per heavy atom. The van der Waals surface area contributed by atoms with Gasteiger partial charge in [-0.3, -0.25) is 0 Å². The molecule has 1 nitrogen and oxygen atoms in total. The minimum absolute atomic E-state index is 0.918. The van der Waals surface area contributed by atoms with Crippen LogP contribution in [0.25, 0.3) is 11.3 Å². The fraction of sp³-hybridized carbons (Fsp3) is 0.182. The molecule has 0 atom stereocenters. The van der Waals surface area contributed by atoms with Crippen LogP contribution in [-0.4, -0.2) is 4.57 Å². The van der Waals surface area contributed by atoms with Crippen molar-refractivity contribution in [1.82, 2.24) is 4.57 Å². The van der Waals surface area contributed by atoms with E-state index >= 15 is 0 Å². The summed E-state index contributed by atoms with van der Waals surface area (Å²) in [5, 5.41) is 2.11. The second-order valence-electron chi connectivity index (χ2n) is 3.32. The van der Waals surface area contributed by atoms with E-state index in [0.717, 1.165) is 3.95 Å². The lowest BCUT2D eigenvalue weighted by atomic mass is 10.1. The number of hydrogen-bond donors (Lipinski definition) is 0. The summed E-state index contributed by atoms with van der Waals surface area (Å²) in [6, 6.07) is 8.47. The molecule has 0 radical (unpaired) electrons. The van der Waals surface area contributed by atoms with Gasteiger partial charge >= 0.3 is 0 Å². The molecule has 2 aromatic rings. The van der Waals surface area contributed by atoms with Crippen LogP contribution in [0.1, 0.15) is 5.56 Å². The molecule has 1 heterocycles. The zero-order valence-electron chi connectivity index (χ0n) is 8.15. The minimum atomic E-state index is 0.918. The van der Waals surface area contributed by atoms with E-state index in [1.807, 2.05) is 7.05 Å². The first-order valence-corrected chi connectivity index (χ1v) is 5.69.